The largest absolute Gasteiger partial charge is 0.443 e. The zero-order valence-corrected chi connectivity index (χ0v) is 28.3. The number of halogens is 5. The van der Waals surface area contributed by atoms with Gasteiger partial charge in [0.25, 0.3) is 0 Å². The molecule has 0 aliphatic heterocycles. The maximum absolute atomic E-state index is 14.5. The van der Waals surface area contributed by atoms with Crippen LogP contribution in [-0.4, -0.2) is 36.2 Å². The molecule has 0 atom stereocenters. The molecule has 5 heterocycles. The molecule has 6 rings (SSSR count). The van der Waals surface area contributed by atoms with Crippen LogP contribution in [0.5, 0.6) is 0 Å². The number of benzene rings is 1. The Labute approximate surface area is 285 Å². The summed E-state index contributed by atoms with van der Waals surface area (Å²) in [6, 6.07) is 14.9. The number of hydrogen-bond donors (Lipinski definition) is 1. The van der Waals surface area contributed by atoms with Gasteiger partial charge in [0.15, 0.2) is 0 Å². The first-order valence-corrected chi connectivity index (χ1v) is 16.0. The van der Waals surface area contributed by atoms with Crippen LogP contribution in [0.2, 0.25) is 15.1 Å². The first kappa shape index (κ1) is 33.7. The first-order valence-electron chi connectivity index (χ1n) is 14.3. The summed E-state index contributed by atoms with van der Waals surface area (Å²) in [6.07, 6.45) is 7.95. The summed E-state index contributed by atoms with van der Waals surface area (Å²) >= 11 is 23.7. The van der Waals surface area contributed by atoms with E-state index in [0.29, 0.717) is 39.1 Å². The normalized spacial score (nSPS) is 11.5. The monoisotopic (exact) mass is 699 g/mol. The van der Waals surface area contributed by atoms with Crippen molar-refractivity contribution in [3.63, 3.8) is 0 Å². The van der Waals surface area contributed by atoms with Crippen molar-refractivity contribution in [2.24, 2.45) is 0 Å². The summed E-state index contributed by atoms with van der Waals surface area (Å²) in [5, 5.41) is 3.42. The van der Waals surface area contributed by atoms with Crippen LogP contribution in [0.1, 0.15) is 48.7 Å². The van der Waals surface area contributed by atoms with Crippen molar-refractivity contribution in [1.82, 2.24) is 24.5 Å². The number of fused-ring (bicyclic) bond motifs is 2. The summed E-state index contributed by atoms with van der Waals surface area (Å²) in [5.74, 6) is -0.165. The maximum Gasteiger partial charge on any atom is 0.420 e. The number of pyridine rings is 3. The fraction of sp³-hybridized carbons (Fsp3) is 0.235. The second-order valence-corrected chi connectivity index (χ2v) is 13.2. The Kier molecular flexibility index (Phi) is 10.5. The van der Waals surface area contributed by atoms with Gasteiger partial charge in [0, 0.05) is 64.1 Å². The summed E-state index contributed by atoms with van der Waals surface area (Å²) < 4.78 is 21.2. The van der Waals surface area contributed by atoms with Gasteiger partial charge in [-0.3, -0.25) is 0 Å². The van der Waals surface area contributed by atoms with Crippen molar-refractivity contribution >= 4 is 74.6 Å². The number of nitrogens with zero attached hydrogens (tertiary/aromatic N) is 4. The zero-order chi connectivity index (χ0) is 33.0. The van der Waals surface area contributed by atoms with Gasteiger partial charge in [0.1, 0.15) is 16.9 Å². The molecule has 0 unspecified atom stereocenters. The zero-order valence-electron chi connectivity index (χ0n) is 25.3. The predicted molar refractivity (Wildman–Crippen MR) is 183 cm³/mol. The minimum absolute atomic E-state index is 0.272. The Hall–Kier alpha value is -3.69. The molecular weight excluding hydrogens is 671 g/mol. The van der Waals surface area contributed by atoms with Crippen LogP contribution in [0.3, 0.4) is 0 Å². The first-order chi connectivity index (χ1) is 21.9. The van der Waals surface area contributed by atoms with E-state index in [9.17, 15) is 9.18 Å². The van der Waals surface area contributed by atoms with E-state index in [1.54, 1.807) is 24.5 Å². The van der Waals surface area contributed by atoms with E-state index < -0.39 is 17.6 Å². The van der Waals surface area contributed by atoms with Crippen molar-refractivity contribution in [1.29, 1.82) is 0 Å². The lowest BCUT2D eigenvalue weighted by Crippen LogP contribution is -2.26. The van der Waals surface area contributed by atoms with Gasteiger partial charge in [-0.1, -0.05) is 53.0 Å². The van der Waals surface area contributed by atoms with Crippen LogP contribution in [0.15, 0.2) is 73.3 Å². The van der Waals surface area contributed by atoms with Crippen LogP contribution in [-0.2, 0) is 29.9 Å². The summed E-state index contributed by atoms with van der Waals surface area (Å²) in [5.41, 5.74) is 4.82. The molecule has 0 bridgehead atoms. The van der Waals surface area contributed by atoms with Crippen LogP contribution in [0, 0.1) is 5.95 Å². The molecule has 7 nitrogen and oxygen atoms in total. The van der Waals surface area contributed by atoms with Gasteiger partial charge >= 0.3 is 6.09 Å². The van der Waals surface area contributed by atoms with Gasteiger partial charge in [-0.05, 0) is 80.6 Å². The lowest BCUT2D eigenvalue weighted by molar-refractivity contribution is 0.0543. The van der Waals surface area contributed by atoms with Crippen molar-refractivity contribution < 1.29 is 13.9 Å². The highest BCUT2D eigenvalue weighted by atomic mass is 35.5. The fourth-order valence-electron chi connectivity index (χ4n) is 4.78. The summed E-state index contributed by atoms with van der Waals surface area (Å²) in [7, 11) is 0. The van der Waals surface area contributed by atoms with Crippen LogP contribution < -0.4 is 0 Å². The second-order valence-electron chi connectivity index (χ2n) is 11.6. The Morgan fingerprint density at radius 2 is 1.59 bits per heavy atom. The van der Waals surface area contributed by atoms with Gasteiger partial charge in [0.2, 0.25) is 5.95 Å². The minimum Gasteiger partial charge on any atom is -0.443 e. The Morgan fingerprint density at radius 3 is 2.26 bits per heavy atom. The molecule has 1 N–H and O–H groups in total. The Bertz CT molecular complexity index is 2000. The Balaban J connectivity index is 0.000000193. The summed E-state index contributed by atoms with van der Waals surface area (Å²) in [6.45, 7) is 5.43. The molecule has 0 amide bonds. The number of aryl methyl sites for hydroxylation is 2. The molecular formula is C34H30Cl4FN5O2. The van der Waals surface area contributed by atoms with Crippen molar-refractivity contribution in [2.45, 2.75) is 51.5 Å². The fourth-order valence-corrected chi connectivity index (χ4v) is 5.44. The lowest BCUT2D eigenvalue weighted by Gasteiger charge is -2.19. The number of carbonyl (C=O) groups is 1. The standard InChI is InChI=1S/C21H16Cl2FN3.C13H14Cl2N2O2/c22-16-5-1-13(2-6-16)3-7-18-8-4-14(20(24)27-18)9-15-11-25-21-19(15)10-17(23)12-26-21;1-13(2,3)19-12(18)17-7-8(5-14)10-4-9(15)6-16-11(10)17/h1-2,4-6,8,10-12H,3,7,9H2,(H,25,26);4,6-7H,5H2,1-3H3. The number of H-pyrrole nitrogens is 1. The van der Waals surface area contributed by atoms with Crippen molar-refractivity contribution in [3.8, 4) is 0 Å². The molecule has 238 valence electrons. The van der Waals surface area contributed by atoms with E-state index >= 15 is 0 Å². The van der Waals surface area contributed by atoms with E-state index in [4.69, 9.17) is 51.1 Å². The molecule has 6 aromatic rings. The second kappa shape index (κ2) is 14.4. The molecule has 0 radical (unpaired) electrons. The maximum atomic E-state index is 14.5. The number of alkyl halides is 1. The van der Waals surface area contributed by atoms with Gasteiger partial charge in [-0.15, -0.1) is 11.6 Å². The molecule has 46 heavy (non-hydrogen) atoms. The molecule has 0 saturated carbocycles. The highest BCUT2D eigenvalue weighted by Gasteiger charge is 2.21. The van der Waals surface area contributed by atoms with Gasteiger partial charge in [0.05, 0.1) is 10.0 Å². The average molecular weight is 701 g/mol. The lowest BCUT2D eigenvalue weighted by atomic mass is 10.0. The van der Waals surface area contributed by atoms with E-state index in [1.807, 2.05) is 63.4 Å². The van der Waals surface area contributed by atoms with E-state index in [2.05, 4.69) is 19.9 Å². The quantitative estimate of drug-likeness (QED) is 0.138. The third-order valence-corrected chi connectivity index (χ3v) is 7.91. The van der Waals surface area contributed by atoms with Gasteiger partial charge in [-0.2, -0.15) is 4.39 Å². The number of rotatable bonds is 6. The van der Waals surface area contributed by atoms with Crippen molar-refractivity contribution in [3.05, 3.63) is 122 Å². The molecule has 0 aliphatic carbocycles. The van der Waals surface area contributed by atoms with Gasteiger partial charge < -0.3 is 9.72 Å². The molecule has 0 saturated heterocycles. The average Bonchev–Trinajstić information content (AvgIpc) is 3.58. The number of aromatic nitrogens is 5. The van der Waals surface area contributed by atoms with E-state index in [0.717, 1.165) is 45.2 Å². The third kappa shape index (κ3) is 8.36. The minimum atomic E-state index is -0.568. The SMILES string of the molecule is CC(C)(C)OC(=O)n1cc(CCl)c2cc(Cl)cnc21.Fc1nc(CCc2ccc(Cl)cc2)ccc1Cc1c[nH]c2ncc(Cl)cc12. The molecule has 12 heteroatoms. The number of ether oxygens (including phenoxy) is 1. The highest BCUT2D eigenvalue weighted by molar-refractivity contribution is 6.31. The number of nitrogens with one attached hydrogen (secondary N) is 1. The number of aromatic amines is 1. The van der Waals surface area contributed by atoms with E-state index in [1.165, 1.54) is 10.8 Å². The molecule has 0 spiro atoms. The molecule has 5 aromatic heterocycles. The Morgan fingerprint density at radius 1 is 0.891 bits per heavy atom. The predicted octanol–water partition coefficient (Wildman–Crippen LogP) is 9.99. The van der Waals surface area contributed by atoms with Crippen LogP contribution >= 0.6 is 46.4 Å². The van der Waals surface area contributed by atoms with Crippen molar-refractivity contribution in [2.75, 3.05) is 0 Å². The molecule has 1 aromatic carbocycles. The molecule has 0 fully saturated rings. The third-order valence-electron chi connectivity index (χ3n) is 6.96. The van der Waals surface area contributed by atoms with Gasteiger partial charge in [-0.25, -0.2) is 24.3 Å². The highest BCUT2D eigenvalue weighted by Crippen LogP contribution is 2.26. The topological polar surface area (TPSA) is 85.7 Å². The van der Waals surface area contributed by atoms with Crippen LogP contribution in [0.25, 0.3) is 22.1 Å². The number of hydrogen-bond acceptors (Lipinski definition) is 5. The van der Waals surface area contributed by atoms with Crippen LogP contribution in [0.4, 0.5) is 9.18 Å². The number of carbonyl (C=O) groups excluding carboxylic acids is 1. The smallest absolute Gasteiger partial charge is 0.420 e. The summed E-state index contributed by atoms with van der Waals surface area (Å²) in [4.78, 5) is 27.7. The molecule has 0 aliphatic rings. The van der Waals surface area contributed by atoms with E-state index in [-0.39, 0.29) is 5.88 Å².